The van der Waals surface area contributed by atoms with Gasteiger partial charge >= 0.3 is 0 Å². The van der Waals surface area contributed by atoms with E-state index >= 15 is 0 Å². The van der Waals surface area contributed by atoms with E-state index in [1.165, 1.54) is 11.3 Å². The number of hydrogen-bond donors (Lipinski definition) is 3. The lowest BCUT2D eigenvalue weighted by Gasteiger charge is -1.95. The minimum absolute atomic E-state index is 0.0150. The monoisotopic (exact) mass is 201 g/mol. The Morgan fingerprint density at radius 3 is 3.00 bits per heavy atom. The van der Waals surface area contributed by atoms with Crippen LogP contribution >= 0.6 is 11.3 Å². The average Bonchev–Trinajstić information content (AvgIpc) is 2.51. The van der Waals surface area contributed by atoms with Crippen LogP contribution in [0.2, 0.25) is 0 Å². The molecule has 0 bridgehead atoms. The molecule has 0 aromatic carbocycles. The van der Waals surface area contributed by atoms with Gasteiger partial charge in [-0.05, 0) is 6.92 Å². The third kappa shape index (κ3) is 3.34. The van der Waals surface area contributed by atoms with Crippen LogP contribution in [0, 0.1) is 6.92 Å². The average molecular weight is 201 g/mol. The first kappa shape index (κ1) is 9.87. The highest BCUT2D eigenvalue weighted by molar-refractivity contribution is 7.11. The summed E-state index contributed by atoms with van der Waals surface area (Å²) < 4.78 is 0. The first-order valence-electron chi connectivity index (χ1n) is 3.71. The summed E-state index contributed by atoms with van der Waals surface area (Å²) >= 11 is 1.53. The van der Waals surface area contributed by atoms with Crippen molar-refractivity contribution in [1.82, 2.24) is 15.7 Å². The molecule has 0 radical (unpaired) electrons. The highest BCUT2D eigenvalue weighted by Gasteiger charge is 1.98. The van der Waals surface area contributed by atoms with Gasteiger partial charge in [-0.15, -0.1) is 21.5 Å². The van der Waals surface area contributed by atoms with Gasteiger partial charge in [-0.3, -0.25) is 10.2 Å². The van der Waals surface area contributed by atoms with Gasteiger partial charge in [-0.1, -0.05) is 0 Å². The Morgan fingerprint density at radius 2 is 2.46 bits per heavy atom. The Labute approximate surface area is 79.5 Å². The van der Waals surface area contributed by atoms with Gasteiger partial charge in [0.15, 0.2) is 0 Å². The molecular weight excluding hydrogens is 190 g/mol. The number of guanidine groups is 1. The van der Waals surface area contributed by atoms with Gasteiger partial charge in [0.25, 0.3) is 0 Å². The molecule has 72 valence electrons. The summed E-state index contributed by atoms with van der Waals surface area (Å²) in [4.78, 5) is 3.82. The first-order chi connectivity index (χ1) is 6.22. The van der Waals surface area contributed by atoms with E-state index in [0.717, 1.165) is 10.0 Å². The topological polar surface area (TPSA) is 96.4 Å². The van der Waals surface area contributed by atoms with Gasteiger partial charge in [-0.25, -0.2) is 5.48 Å². The van der Waals surface area contributed by atoms with Crippen LogP contribution in [-0.4, -0.2) is 27.9 Å². The molecule has 0 amide bonds. The zero-order chi connectivity index (χ0) is 9.68. The third-order valence-electron chi connectivity index (χ3n) is 1.29. The SMILES string of the molecule is Cc1nnc(CCN=C(N)NO)s1. The number of aryl methyl sites for hydroxylation is 1. The molecule has 0 unspecified atom stereocenters. The standard InChI is InChI=1S/C6H11N5OS/c1-4-9-10-5(13-4)2-3-8-6(7)11-12/h12H,2-3H2,1H3,(H3,7,8,11). The second-order valence-electron chi connectivity index (χ2n) is 2.34. The lowest BCUT2D eigenvalue weighted by Crippen LogP contribution is -2.28. The molecule has 0 aliphatic heterocycles. The number of rotatable bonds is 3. The van der Waals surface area contributed by atoms with E-state index in [0.29, 0.717) is 13.0 Å². The highest BCUT2D eigenvalue weighted by atomic mass is 32.1. The van der Waals surface area contributed by atoms with Crippen LogP contribution in [0.3, 0.4) is 0 Å². The summed E-state index contributed by atoms with van der Waals surface area (Å²) in [7, 11) is 0. The van der Waals surface area contributed by atoms with Crippen LogP contribution in [0.4, 0.5) is 0 Å². The zero-order valence-corrected chi connectivity index (χ0v) is 8.01. The maximum absolute atomic E-state index is 8.30. The van der Waals surface area contributed by atoms with Crippen molar-refractivity contribution in [3.8, 4) is 0 Å². The van der Waals surface area contributed by atoms with E-state index in [1.54, 1.807) is 5.48 Å². The van der Waals surface area contributed by atoms with Crippen molar-refractivity contribution in [3.63, 3.8) is 0 Å². The normalized spacial score (nSPS) is 11.7. The predicted molar refractivity (Wildman–Crippen MR) is 49.8 cm³/mol. The van der Waals surface area contributed by atoms with Gasteiger partial charge in [0.05, 0.1) is 0 Å². The van der Waals surface area contributed by atoms with Crippen molar-refractivity contribution in [2.75, 3.05) is 6.54 Å². The fraction of sp³-hybridized carbons (Fsp3) is 0.500. The second-order valence-corrected chi connectivity index (χ2v) is 3.61. The van der Waals surface area contributed by atoms with Crippen molar-refractivity contribution in [1.29, 1.82) is 0 Å². The van der Waals surface area contributed by atoms with Crippen LogP contribution in [0.5, 0.6) is 0 Å². The van der Waals surface area contributed by atoms with E-state index in [2.05, 4.69) is 15.2 Å². The molecule has 0 atom stereocenters. The minimum Gasteiger partial charge on any atom is -0.368 e. The molecule has 1 heterocycles. The molecule has 0 aliphatic rings. The number of hydrogen-bond acceptors (Lipinski definition) is 5. The van der Waals surface area contributed by atoms with Crippen LogP contribution in [0.1, 0.15) is 10.0 Å². The largest absolute Gasteiger partial charge is 0.368 e. The minimum atomic E-state index is 0.0150. The molecule has 7 heteroatoms. The van der Waals surface area contributed by atoms with Gasteiger partial charge in [0, 0.05) is 13.0 Å². The molecule has 0 aliphatic carbocycles. The van der Waals surface area contributed by atoms with Gasteiger partial charge in [-0.2, -0.15) is 0 Å². The predicted octanol–water partition coefficient (Wildman–Crippen LogP) is -0.317. The van der Waals surface area contributed by atoms with Crippen LogP contribution < -0.4 is 11.2 Å². The number of nitrogens with zero attached hydrogens (tertiary/aromatic N) is 3. The molecule has 1 aromatic heterocycles. The van der Waals surface area contributed by atoms with Crippen LogP contribution in [0.15, 0.2) is 4.99 Å². The fourth-order valence-corrected chi connectivity index (χ4v) is 1.44. The molecule has 0 saturated heterocycles. The number of aromatic nitrogens is 2. The molecule has 1 aromatic rings. The fourth-order valence-electron chi connectivity index (χ4n) is 0.746. The van der Waals surface area contributed by atoms with E-state index < -0.39 is 0 Å². The van der Waals surface area contributed by atoms with Crippen LogP contribution in [0.25, 0.3) is 0 Å². The summed E-state index contributed by atoms with van der Waals surface area (Å²) in [5, 5.41) is 17.9. The Hall–Kier alpha value is -1.21. The zero-order valence-electron chi connectivity index (χ0n) is 7.19. The Morgan fingerprint density at radius 1 is 1.69 bits per heavy atom. The maximum atomic E-state index is 8.30. The third-order valence-corrected chi connectivity index (χ3v) is 2.19. The number of aliphatic imine (C=N–C) groups is 1. The van der Waals surface area contributed by atoms with Gasteiger partial charge in [0.1, 0.15) is 10.0 Å². The maximum Gasteiger partial charge on any atom is 0.212 e. The summed E-state index contributed by atoms with van der Waals surface area (Å²) in [6, 6.07) is 0. The van der Waals surface area contributed by atoms with Crippen molar-refractivity contribution in [3.05, 3.63) is 10.0 Å². The molecule has 0 saturated carbocycles. The Balaban J connectivity index is 2.35. The Kier molecular flexibility index (Phi) is 3.59. The van der Waals surface area contributed by atoms with Crippen LogP contribution in [-0.2, 0) is 6.42 Å². The summed E-state index contributed by atoms with van der Waals surface area (Å²) in [6.45, 7) is 2.39. The van der Waals surface area contributed by atoms with E-state index in [1.807, 2.05) is 6.92 Å². The molecule has 6 nitrogen and oxygen atoms in total. The highest BCUT2D eigenvalue weighted by Crippen LogP contribution is 2.07. The van der Waals surface area contributed by atoms with Gasteiger partial charge in [0.2, 0.25) is 5.96 Å². The summed E-state index contributed by atoms with van der Waals surface area (Å²) in [5.74, 6) is 0.0150. The summed E-state index contributed by atoms with van der Waals surface area (Å²) in [6.07, 6.45) is 0.688. The van der Waals surface area contributed by atoms with Gasteiger partial charge < -0.3 is 5.73 Å². The molecule has 13 heavy (non-hydrogen) atoms. The van der Waals surface area contributed by atoms with Crippen molar-refractivity contribution < 1.29 is 5.21 Å². The lowest BCUT2D eigenvalue weighted by molar-refractivity contribution is 0.232. The number of hydroxylamine groups is 1. The van der Waals surface area contributed by atoms with E-state index in [4.69, 9.17) is 10.9 Å². The smallest absolute Gasteiger partial charge is 0.212 e. The molecule has 0 fully saturated rings. The lowest BCUT2D eigenvalue weighted by atomic mass is 10.5. The summed E-state index contributed by atoms with van der Waals surface area (Å²) in [5.41, 5.74) is 6.95. The number of nitrogens with one attached hydrogen (secondary N) is 1. The molecule has 4 N–H and O–H groups in total. The molecule has 1 rings (SSSR count). The molecule has 0 spiro atoms. The number of nitrogens with two attached hydrogens (primary N) is 1. The van der Waals surface area contributed by atoms with Crippen molar-refractivity contribution >= 4 is 17.3 Å². The first-order valence-corrected chi connectivity index (χ1v) is 4.53. The van der Waals surface area contributed by atoms with Crippen molar-refractivity contribution in [2.45, 2.75) is 13.3 Å². The Bertz CT molecular complexity index is 297. The molecular formula is C6H11N5OS. The quantitative estimate of drug-likeness (QED) is 0.354. The van der Waals surface area contributed by atoms with E-state index in [9.17, 15) is 0 Å². The van der Waals surface area contributed by atoms with Crippen molar-refractivity contribution in [2.24, 2.45) is 10.7 Å². The second kappa shape index (κ2) is 4.73. The van der Waals surface area contributed by atoms with E-state index in [-0.39, 0.29) is 5.96 Å².